The van der Waals surface area contributed by atoms with Gasteiger partial charge in [0, 0.05) is 23.7 Å². The van der Waals surface area contributed by atoms with Gasteiger partial charge in [-0.3, -0.25) is 9.67 Å². The van der Waals surface area contributed by atoms with Crippen LogP contribution < -0.4 is 10.1 Å². The number of carbonyl (C=O) groups excluding carboxylic acids is 1. The van der Waals surface area contributed by atoms with E-state index in [1.165, 1.54) is 10.1 Å². The zero-order valence-electron chi connectivity index (χ0n) is 19.4. The molecule has 0 aliphatic carbocycles. The number of ether oxygens (including phenoxy) is 1. The van der Waals surface area contributed by atoms with Crippen molar-refractivity contribution in [2.45, 2.75) is 25.9 Å². The Bertz CT molecular complexity index is 1390. The normalized spacial score (nSPS) is 11.0. The number of amides is 1. The van der Waals surface area contributed by atoms with E-state index in [0.29, 0.717) is 13.2 Å². The lowest BCUT2D eigenvalue weighted by molar-refractivity contribution is 0.242. The topological polar surface area (TPSA) is 84.8 Å². The highest BCUT2D eigenvalue weighted by atomic mass is 16.5. The number of hydrogen-bond acceptors (Lipinski definition) is 4. The molecule has 5 aromatic rings. The summed E-state index contributed by atoms with van der Waals surface area (Å²) in [6.07, 6.45) is 8.08. The van der Waals surface area contributed by atoms with Crippen molar-refractivity contribution in [3.63, 3.8) is 0 Å². The Morgan fingerprint density at radius 2 is 1.83 bits per heavy atom. The van der Waals surface area contributed by atoms with E-state index in [2.05, 4.69) is 44.8 Å². The Kier molecular flexibility index (Phi) is 6.84. The molecule has 0 aliphatic heterocycles. The fourth-order valence-electron chi connectivity index (χ4n) is 3.93. The van der Waals surface area contributed by atoms with E-state index in [4.69, 9.17) is 4.74 Å². The molecule has 2 heterocycles. The van der Waals surface area contributed by atoms with E-state index in [0.717, 1.165) is 52.7 Å². The summed E-state index contributed by atoms with van der Waals surface area (Å²) in [5, 5.41) is 11.1. The number of carbonyl (C=O) groups is 1. The molecule has 35 heavy (non-hydrogen) atoms. The maximum absolute atomic E-state index is 12.4. The Morgan fingerprint density at radius 1 is 0.971 bits per heavy atom. The summed E-state index contributed by atoms with van der Waals surface area (Å²) < 4.78 is 7.41. The van der Waals surface area contributed by atoms with Gasteiger partial charge in [0.15, 0.2) is 0 Å². The molecule has 176 valence electrons. The van der Waals surface area contributed by atoms with Gasteiger partial charge in [0.1, 0.15) is 18.7 Å². The van der Waals surface area contributed by atoms with Crippen LogP contribution in [0, 0.1) is 0 Å². The smallest absolute Gasteiger partial charge is 0.326 e. The Hall–Kier alpha value is -4.39. The molecule has 0 fully saturated rings. The summed E-state index contributed by atoms with van der Waals surface area (Å²) in [5.41, 5.74) is 5.04. The van der Waals surface area contributed by atoms with Crippen LogP contribution in [0.2, 0.25) is 0 Å². The van der Waals surface area contributed by atoms with Gasteiger partial charge in [0.2, 0.25) is 0 Å². The molecule has 2 N–H and O–H groups in total. The highest BCUT2D eigenvalue weighted by Gasteiger charge is 2.08. The lowest BCUT2D eigenvalue weighted by Crippen LogP contribution is -2.28. The Balaban J connectivity index is 1.09. The maximum atomic E-state index is 12.4. The molecule has 0 saturated heterocycles. The average Bonchev–Trinajstić information content (AvgIpc) is 3.58. The van der Waals surface area contributed by atoms with Gasteiger partial charge in [0.05, 0.1) is 17.4 Å². The average molecular weight is 466 g/mol. The fourth-order valence-corrected chi connectivity index (χ4v) is 3.93. The van der Waals surface area contributed by atoms with Gasteiger partial charge in [0.25, 0.3) is 0 Å². The van der Waals surface area contributed by atoms with Gasteiger partial charge in [-0.05, 0) is 60.7 Å². The first-order chi connectivity index (χ1) is 17.2. The molecule has 2 aromatic heterocycles. The third-order valence-corrected chi connectivity index (χ3v) is 5.89. The van der Waals surface area contributed by atoms with E-state index in [1.54, 1.807) is 18.7 Å². The summed E-state index contributed by atoms with van der Waals surface area (Å²) in [4.78, 5) is 16.8. The third kappa shape index (κ3) is 5.76. The number of aromatic amines is 1. The van der Waals surface area contributed by atoms with Gasteiger partial charge < -0.3 is 10.1 Å². The van der Waals surface area contributed by atoms with Crippen LogP contribution in [-0.2, 0) is 13.0 Å². The van der Waals surface area contributed by atoms with Crippen molar-refractivity contribution in [3.8, 4) is 17.0 Å². The SMILES string of the molecule is O=C(NCCCCc1ccccc1)n1cnc(-c2ccc(OCc3ccc4cn[nH]c4c3)cc2)c1. The lowest BCUT2D eigenvalue weighted by atomic mass is 10.1. The number of hydrogen-bond donors (Lipinski definition) is 2. The Labute approximate surface area is 203 Å². The predicted octanol–water partition coefficient (Wildman–Crippen LogP) is 5.59. The molecule has 0 spiro atoms. The number of imidazole rings is 1. The molecule has 5 rings (SSSR count). The van der Waals surface area contributed by atoms with Gasteiger partial charge in [-0.15, -0.1) is 0 Å². The second-order valence-electron chi connectivity index (χ2n) is 8.45. The van der Waals surface area contributed by atoms with Crippen molar-refractivity contribution in [2.24, 2.45) is 0 Å². The summed E-state index contributed by atoms with van der Waals surface area (Å²) in [6, 6.07) is 24.0. The van der Waals surface area contributed by atoms with Crippen LogP contribution in [0.3, 0.4) is 0 Å². The number of unbranched alkanes of at least 4 members (excludes halogenated alkanes) is 1. The molecule has 0 unspecified atom stereocenters. The number of rotatable bonds is 9. The molecule has 1 amide bonds. The van der Waals surface area contributed by atoms with E-state index >= 15 is 0 Å². The summed E-state index contributed by atoms with van der Waals surface area (Å²) >= 11 is 0. The number of nitrogens with zero attached hydrogens (tertiary/aromatic N) is 3. The fraction of sp³-hybridized carbons (Fsp3) is 0.179. The maximum Gasteiger partial charge on any atom is 0.326 e. The van der Waals surface area contributed by atoms with E-state index in [9.17, 15) is 4.79 Å². The second-order valence-corrected chi connectivity index (χ2v) is 8.45. The summed E-state index contributed by atoms with van der Waals surface area (Å²) in [5.74, 6) is 0.770. The van der Waals surface area contributed by atoms with Crippen molar-refractivity contribution < 1.29 is 9.53 Å². The van der Waals surface area contributed by atoms with E-state index in [-0.39, 0.29) is 6.03 Å². The van der Waals surface area contributed by atoms with Gasteiger partial charge in [-0.2, -0.15) is 5.10 Å². The molecular formula is C28H27N5O2. The first kappa shape index (κ1) is 22.4. The molecule has 3 aromatic carbocycles. The van der Waals surface area contributed by atoms with E-state index < -0.39 is 0 Å². The molecular weight excluding hydrogens is 438 g/mol. The first-order valence-electron chi connectivity index (χ1n) is 11.8. The summed E-state index contributed by atoms with van der Waals surface area (Å²) in [6.45, 7) is 1.10. The van der Waals surface area contributed by atoms with Crippen LogP contribution in [0.1, 0.15) is 24.0 Å². The number of benzene rings is 3. The summed E-state index contributed by atoms with van der Waals surface area (Å²) in [7, 11) is 0. The third-order valence-electron chi connectivity index (χ3n) is 5.89. The van der Waals surface area contributed by atoms with Crippen LogP contribution in [0.25, 0.3) is 22.2 Å². The highest BCUT2D eigenvalue weighted by Crippen LogP contribution is 2.22. The lowest BCUT2D eigenvalue weighted by Gasteiger charge is -2.07. The molecule has 7 heteroatoms. The van der Waals surface area contributed by atoms with Gasteiger partial charge in [-0.1, -0.05) is 42.5 Å². The van der Waals surface area contributed by atoms with Crippen LogP contribution in [0.4, 0.5) is 4.79 Å². The van der Waals surface area contributed by atoms with Crippen LogP contribution in [0.15, 0.2) is 91.5 Å². The van der Waals surface area contributed by atoms with Crippen molar-refractivity contribution >= 4 is 16.9 Å². The minimum Gasteiger partial charge on any atom is -0.489 e. The molecule has 0 aliphatic rings. The number of nitrogens with one attached hydrogen (secondary N) is 2. The van der Waals surface area contributed by atoms with Crippen molar-refractivity contribution in [1.29, 1.82) is 0 Å². The zero-order valence-corrected chi connectivity index (χ0v) is 19.4. The largest absolute Gasteiger partial charge is 0.489 e. The van der Waals surface area contributed by atoms with Crippen LogP contribution >= 0.6 is 0 Å². The molecule has 0 bridgehead atoms. The van der Waals surface area contributed by atoms with Crippen LogP contribution in [0.5, 0.6) is 5.75 Å². The molecule has 0 radical (unpaired) electrons. The highest BCUT2D eigenvalue weighted by molar-refractivity contribution is 5.78. The zero-order chi connectivity index (χ0) is 23.9. The molecule has 0 saturated carbocycles. The van der Waals surface area contributed by atoms with Crippen molar-refractivity contribution in [3.05, 3.63) is 103 Å². The number of aromatic nitrogens is 4. The van der Waals surface area contributed by atoms with Gasteiger partial charge in [-0.25, -0.2) is 9.78 Å². The second kappa shape index (κ2) is 10.7. The number of fused-ring (bicyclic) bond motifs is 1. The molecule has 0 atom stereocenters. The van der Waals surface area contributed by atoms with Crippen LogP contribution in [-0.4, -0.2) is 32.3 Å². The number of aryl methyl sites for hydroxylation is 1. The monoisotopic (exact) mass is 465 g/mol. The van der Waals surface area contributed by atoms with Crippen molar-refractivity contribution in [1.82, 2.24) is 25.1 Å². The van der Waals surface area contributed by atoms with Gasteiger partial charge >= 0.3 is 6.03 Å². The standard InChI is InChI=1S/C28H27N5O2/c34-28(29-15-5-4-8-21-6-2-1-3-7-21)33-18-27(30-20-33)23-11-13-25(14-12-23)35-19-22-9-10-24-17-31-32-26(24)16-22/h1-3,6-7,9-14,16-18,20H,4-5,8,15,19H2,(H,29,34)(H,31,32). The quantitative estimate of drug-likeness (QED) is 0.278. The number of H-pyrrole nitrogens is 1. The minimum absolute atomic E-state index is 0.169. The first-order valence-corrected chi connectivity index (χ1v) is 11.8. The molecule has 7 nitrogen and oxygen atoms in total. The van der Waals surface area contributed by atoms with E-state index in [1.807, 2.05) is 48.5 Å². The predicted molar refractivity (Wildman–Crippen MR) is 136 cm³/mol. The van der Waals surface area contributed by atoms with Crippen molar-refractivity contribution in [2.75, 3.05) is 6.54 Å². The minimum atomic E-state index is -0.169. The Morgan fingerprint density at radius 3 is 2.69 bits per heavy atom.